The van der Waals surface area contributed by atoms with Crippen molar-refractivity contribution >= 4 is 16.9 Å². The summed E-state index contributed by atoms with van der Waals surface area (Å²) in [6.45, 7) is 1.93. The van der Waals surface area contributed by atoms with Gasteiger partial charge in [-0.3, -0.25) is 4.79 Å². The first-order chi connectivity index (χ1) is 13.5. The van der Waals surface area contributed by atoms with Crippen LogP contribution in [0.1, 0.15) is 35.6 Å². The molecule has 138 valence electrons. The van der Waals surface area contributed by atoms with Gasteiger partial charge in [-0.25, -0.2) is 9.78 Å². The highest BCUT2D eigenvalue weighted by molar-refractivity contribution is 5.87. The number of aromatic nitrogens is 2. The summed E-state index contributed by atoms with van der Waals surface area (Å²) in [5.74, 6) is 1.89. The fourth-order valence-corrected chi connectivity index (χ4v) is 4.08. The maximum atomic E-state index is 13.1. The molecule has 2 aliphatic rings. The monoisotopic (exact) mass is 372 g/mol. The number of esters is 1. The van der Waals surface area contributed by atoms with Crippen molar-refractivity contribution in [2.45, 2.75) is 32.1 Å². The predicted octanol–water partition coefficient (Wildman–Crippen LogP) is 2.06. The van der Waals surface area contributed by atoms with E-state index in [0.717, 1.165) is 22.0 Å². The molecule has 1 atom stereocenters. The molecule has 0 spiro atoms. The minimum Gasteiger partial charge on any atom is -0.458 e. The summed E-state index contributed by atoms with van der Waals surface area (Å²) < 4.78 is 6.70. The van der Waals surface area contributed by atoms with Crippen molar-refractivity contribution < 1.29 is 14.6 Å². The van der Waals surface area contributed by atoms with Crippen LogP contribution in [0.25, 0.3) is 22.3 Å². The Morgan fingerprint density at radius 1 is 1.32 bits per heavy atom. The van der Waals surface area contributed by atoms with Crippen molar-refractivity contribution in [2.75, 3.05) is 0 Å². The lowest BCUT2D eigenvalue weighted by molar-refractivity contribution is -0.172. The van der Waals surface area contributed by atoms with Crippen molar-refractivity contribution in [3.05, 3.63) is 62.9 Å². The third-order valence-electron chi connectivity index (χ3n) is 5.67. The van der Waals surface area contributed by atoms with E-state index >= 15 is 0 Å². The number of aliphatic hydroxyl groups is 1. The molecule has 0 unspecified atom stereocenters. The van der Waals surface area contributed by atoms with E-state index < -0.39 is 11.6 Å². The molecular weight excluding hydrogens is 356 g/mol. The molecule has 0 aliphatic carbocycles. The quantitative estimate of drug-likeness (QED) is 0.409. The first-order valence-electron chi connectivity index (χ1n) is 9.03. The topological polar surface area (TPSA) is 81.4 Å². The van der Waals surface area contributed by atoms with E-state index in [0.29, 0.717) is 29.1 Å². The molecule has 6 nitrogen and oxygen atoms in total. The van der Waals surface area contributed by atoms with E-state index in [4.69, 9.17) is 16.1 Å². The maximum Gasteiger partial charge on any atom is 0.343 e. The van der Waals surface area contributed by atoms with Crippen LogP contribution in [0.2, 0.25) is 0 Å². The van der Waals surface area contributed by atoms with Crippen molar-refractivity contribution in [1.82, 2.24) is 9.55 Å². The number of rotatable bonds is 1. The predicted molar refractivity (Wildman–Crippen MR) is 102 cm³/mol. The molecule has 0 bridgehead atoms. The van der Waals surface area contributed by atoms with Crippen LogP contribution >= 0.6 is 0 Å². The highest BCUT2D eigenvalue weighted by Crippen LogP contribution is 2.38. The van der Waals surface area contributed by atoms with E-state index in [2.05, 4.69) is 5.92 Å². The Balaban J connectivity index is 1.78. The minimum atomic E-state index is -1.82. The molecule has 1 N–H and O–H groups in total. The van der Waals surface area contributed by atoms with Gasteiger partial charge in [0.25, 0.3) is 5.56 Å². The number of hydrogen-bond acceptors (Lipinski definition) is 5. The first kappa shape index (κ1) is 16.7. The molecule has 0 fully saturated rings. The van der Waals surface area contributed by atoms with Gasteiger partial charge in [-0.2, -0.15) is 0 Å². The lowest BCUT2D eigenvalue weighted by atomic mass is 9.86. The van der Waals surface area contributed by atoms with E-state index in [-0.39, 0.29) is 18.6 Å². The number of pyridine rings is 2. The van der Waals surface area contributed by atoms with E-state index in [1.54, 1.807) is 17.6 Å². The highest BCUT2D eigenvalue weighted by atomic mass is 16.6. The third-order valence-corrected chi connectivity index (χ3v) is 5.67. The van der Waals surface area contributed by atoms with Crippen LogP contribution < -0.4 is 5.56 Å². The fraction of sp³-hybridized carbons (Fsp3) is 0.227. The van der Waals surface area contributed by atoms with Crippen molar-refractivity contribution in [1.29, 1.82) is 0 Å². The van der Waals surface area contributed by atoms with E-state index in [1.807, 2.05) is 24.3 Å². The van der Waals surface area contributed by atoms with Crippen LogP contribution in [0, 0.1) is 12.3 Å². The number of ether oxygens (including phenoxy) is 1. The Bertz CT molecular complexity index is 1300. The van der Waals surface area contributed by atoms with Crippen LogP contribution in [-0.4, -0.2) is 20.6 Å². The van der Waals surface area contributed by atoms with Crippen molar-refractivity contribution in [3.63, 3.8) is 0 Å². The number of nitrogens with zero attached hydrogens (tertiary/aromatic N) is 2. The van der Waals surface area contributed by atoms with Crippen molar-refractivity contribution in [3.8, 4) is 23.7 Å². The summed E-state index contributed by atoms with van der Waals surface area (Å²) in [7, 11) is 0. The number of fused-ring (bicyclic) bond motifs is 5. The lowest BCUT2D eigenvalue weighted by Crippen LogP contribution is -2.44. The molecule has 6 heteroatoms. The molecule has 3 aromatic rings. The maximum absolute atomic E-state index is 13.1. The Labute approximate surface area is 160 Å². The number of terminal acetylenes is 1. The number of cyclic esters (lactones) is 1. The molecule has 0 saturated heterocycles. The molecule has 0 amide bonds. The molecule has 2 aliphatic heterocycles. The standard InChI is InChI=1S/C22H16N2O4/c1-3-12-5-6-17-13(7-12)8-14-10-24-18(19(14)23-17)9-16-15(20(24)25)11-28-21(26)22(16,27)4-2/h1,5-9,27H,4,10-11H2,2H3/t22-/m0/s1. The average molecular weight is 372 g/mol. The third kappa shape index (κ3) is 2.05. The summed E-state index contributed by atoms with van der Waals surface area (Å²) in [5, 5.41) is 11.8. The molecule has 0 saturated carbocycles. The van der Waals surface area contributed by atoms with Gasteiger partial charge >= 0.3 is 5.97 Å². The number of benzene rings is 1. The number of carbonyl (C=O) groups excluding carboxylic acids is 1. The van der Waals surface area contributed by atoms with E-state index in [9.17, 15) is 14.7 Å². The fourth-order valence-electron chi connectivity index (χ4n) is 4.08. The van der Waals surface area contributed by atoms with Crippen molar-refractivity contribution in [2.24, 2.45) is 0 Å². The van der Waals surface area contributed by atoms with E-state index in [1.165, 1.54) is 0 Å². The molecular formula is C22H16N2O4. The number of hydrogen-bond donors (Lipinski definition) is 1. The van der Waals surface area contributed by atoms with Gasteiger partial charge in [0.15, 0.2) is 5.60 Å². The molecule has 28 heavy (non-hydrogen) atoms. The normalized spacial score (nSPS) is 19.5. The average Bonchev–Trinajstić information content (AvgIpc) is 3.07. The molecule has 1 aromatic carbocycles. The smallest absolute Gasteiger partial charge is 0.343 e. The van der Waals surface area contributed by atoms with Gasteiger partial charge in [0.1, 0.15) is 6.61 Å². The Morgan fingerprint density at radius 3 is 2.89 bits per heavy atom. The Hall–Kier alpha value is -3.43. The molecule has 5 rings (SSSR count). The molecule has 2 aromatic heterocycles. The zero-order valence-corrected chi connectivity index (χ0v) is 15.2. The lowest BCUT2D eigenvalue weighted by Gasteiger charge is -2.31. The largest absolute Gasteiger partial charge is 0.458 e. The van der Waals surface area contributed by atoms with Crippen LogP contribution in [0.5, 0.6) is 0 Å². The van der Waals surface area contributed by atoms with Gasteiger partial charge < -0.3 is 14.4 Å². The number of carbonyl (C=O) groups is 1. The molecule has 0 radical (unpaired) electrons. The zero-order valence-electron chi connectivity index (χ0n) is 15.2. The SMILES string of the molecule is C#Cc1ccc2nc3c(cc2c1)Cn1c-3cc2c(c1=O)COC(=O)[C@]2(O)CC. The van der Waals surface area contributed by atoms with Crippen LogP contribution in [-0.2, 0) is 28.3 Å². The van der Waals surface area contributed by atoms with Gasteiger partial charge in [-0.15, -0.1) is 6.42 Å². The highest BCUT2D eigenvalue weighted by Gasteiger charge is 2.45. The van der Waals surface area contributed by atoms with Gasteiger partial charge in [-0.05, 0) is 36.8 Å². The summed E-state index contributed by atoms with van der Waals surface area (Å²) in [4.78, 5) is 30.0. The van der Waals surface area contributed by atoms with Crippen LogP contribution in [0.15, 0.2) is 35.1 Å². The second-order valence-electron chi connectivity index (χ2n) is 7.15. The molecule has 4 heterocycles. The summed E-state index contributed by atoms with van der Waals surface area (Å²) >= 11 is 0. The second-order valence-corrected chi connectivity index (χ2v) is 7.15. The van der Waals surface area contributed by atoms with Crippen LogP contribution in [0.4, 0.5) is 0 Å². The second kappa shape index (κ2) is 5.54. The van der Waals surface area contributed by atoms with Gasteiger partial charge in [0, 0.05) is 22.1 Å². The van der Waals surface area contributed by atoms with Gasteiger partial charge in [0.2, 0.25) is 0 Å². The first-order valence-corrected chi connectivity index (χ1v) is 9.03. The summed E-state index contributed by atoms with van der Waals surface area (Å²) in [6, 6.07) is 9.26. The summed E-state index contributed by atoms with van der Waals surface area (Å²) in [6.07, 6.45) is 5.60. The van der Waals surface area contributed by atoms with Crippen LogP contribution in [0.3, 0.4) is 0 Å². The van der Waals surface area contributed by atoms with Gasteiger partial charge in [-0.1, -0.05) is 12.8 Å². The van der Waals surface area contributed by atoms with Gasteiger partial charge in [0.05, 0.1) is 29.0 Å². The summed E-state index contributed by atoms with van der Waals surface area (Å²) in [5.41, 5.74) is 2.26. The zero-order chi connectivity index (χ0) is 19.6. The minimum absolute atomic E-state index is 0.120. The Kier molecular flexibility index (Phi) is 3.31. The Morgan fingerprint density at radius 2 is 2.14 bits per heavy atom.